The minimum atomic E-state index is -0.734. The molecule has 0 spiro atoms. The SMILES string of the molecule is C[C@@H](NC(=O)CN(C)CC(=O)Nc1ccc(Cl)c(Cl)c1)c1ccc(F)cc1F. The second kappa shape index (κ2) is 9.82. The summed E-state index contributed by atoms with van der Waals surface area (Å²) in [5.41, 5.74) is 0.660. The number of amides is 2. The van der Waals surface area contributed by atoms with Gasteiger partial charge in [0.25, 0.3) is 0 Å². The van der Waals surface area contributed by atoms with E-state index in [2.05, 4.69) is 10.6 Å². The summed E-state index contributed by atoms with van der Waals surface area (Å²) < 4.78 is 26.8. The molecule has 2 N–H and O–H groups in total. The third kappa shape index (κ3) is 6.44. The van der Waals surface area contributed by atoms with E-state index in [1.54, 1.807) is 26.1 Å². The molecule has 2 aromatic carbocycles. The van der Waals surface area contributed by atoms with Crippen LogP contribution in [0.3, 0.4) is 0 Å². The van der Waals surface area contributed by atoms with Crippen LogP contribution in [-0.4, -0.2) is 36.9 Å². The summed E-state index contributed by atoms with van der Waals surface area (Å²) in [6.45, 7) is 1.46. The number of nitrogens with one attached hydrogen (secondary N) is 2. The highest BCUT2D eigenvalue weighted by Gasteiger charge is 2.16. The molecule has 0 unspecified atom stereocenters. The number of carbonyl (C=O) groups is 2. The number of rotatable bonds is 7. The molecule has 0 bridgehead atoms. The van der Waals surface area contributed by atoms with Gasteiger partial charge in [-0.15, -0.1) is 0 Å². The minimum Gasteiger partial charge on any atom is -0.348 e. The molecule has 9 heteroatoms. The van der Waals surface area contributed by atoms with Gasteiger partial charge in [-0.3, -0.25) is 14.5 Å². The van der Waals surface area contributed by atoms with Crippen LogP contribution in [0, 0.1) is 11.6 Å². The smallest absolute Gasteiger partial charge is 0.238 e. The molecule has 0 heterocycles. The van der Waals surface area contributed by atoms with Crippen molar-refractivity contribution in [3.05, 3.63) is 63.6 Å². The zero-order valence-corrected chi connectivity index (χ0v) is 16.7. The predicted molar refractivity (Wildman–Crippen MR) is 106 cm³/mol. The first-order valence-electron chi connectivity index (χ1n) is 8.33. The van der Waals surface area contributed by atoms with Gasteiger partial charge in [0.15, 0.2) is 0 Å². The number of carbonyl (C=O) groups excluding carboxylic acids is 2. The predicted octanol–water partition coefficient (Wildman–Crippen LogP) is 4.02. The highest BCUT2D eigenvalue weighted by molar-refractivity contribution is 6.42. The van der Waals surface area contributed by atoms with Crippen molar-refractivity contribution >= 4 is 40.7 Å². The van der Waals surface area contributed by atoms with Crippen LogP contribution in [0.15, 0.2) is 36.4 Å². The molecular weight excluding hydrogens is 411 g/mol. The van der Waals surface area contributed by atoms with Crippen LogP contribution in [0.2, 0.25) is 10.0 Å². The normalized spacial score (nSPS) is 12.0. The number of halogens is 4. The van der Waals surface area contributed by atoms with Gasteiger partial charge in [-0.05, 0) is 38.2 Å². The van der Waals surface area contributed by atoms with Crippen molar-refractivity contribution in [2.24, 2.45) is 0 Å². The zero-order valence-electron chi connectivity index (χ0n) is 15.2. The number of nitrogens with zero attached hydrogens (tertiary/aromatic N) is 1. The van der Waals surface area contributed by atoms with Gasteiger partial charge in [0.2, 0.25) is 11.8 Å². The highest BCUT2D eigenvalue weighted by Crippen LogP contribution is 2.25. The first-order valence-corrected chi connectivity index (χ1v) is 9.09. The average Bonchev–Trinajstić information content (AvgIpc) is 2.57. The van der Waals surface area contributed by atoms with Gasteiger partial charge < -0.3 is 10.6 Å². The fourth-order valence-corrected chi connectivity index (χ4v) is 2.84. The highest BCUT2D eigenvalue weighted by atomic mass is 35.5. The van der Waals surface area contributed by atoms with Crippen molar-refractivity contribution in [2.45, 2.75) is 13.0 Å². The van der Waals surface area contributed by atoms with E-state index < -0.39 is 23.6 Å². The first-order chi connectivity index (χ1) is 13.2. The lowest BCUT2D eigenvalue weighted by atomic mass is 10.1. The summed E-state index contributed by atoms with van der Waals surface area (Å²) in [6, 6.07) is 7.21. The Bertz CT molecular complexity index is 880. The molecular formula is C19H19Cl2F2N3O2. The van der Waals surface area contributed by atoms with Gasteiger partial charge in [0.05, 0.1) is 29.2 Å². The van der Waals surface area contributed by atoms with Gasteiger partial charge in [0, 0.05) is 17.3 Å². The maximum atomic E-state index is 13.8. The van der Waals surface area contributed by atoms with Crippen molar-refractivity contribution in [1.82, 2.24) is 10.2 Å². The molecule has 0 fully saturated rings. The Morgan fingerprint density at radius 1 is 1.04 bits per heavy atom. The summed E-state index contributed by atoms with van der Waals surface area (Å²) in [4.78, 5) is 25.7. The Morgan fingerprint density at radius 2 is 1.71 bits per heavy atom. The molecule has 0 aliphatic rings. The fourth-order valence-electron chi connectivity index (χ4n) is 2.54. The van der Waals surface area contributed by atoms with Crippen LogP contribution >= 0.6 is 23.2 Å². The van der Waals surface area contributed by atoms with Crippen LogP contribution in [0.4, 0.5) is 14.5 Å². The zero-order chi connectivity index (χ0) is 20.8. The van der Waals surface area contributed by atoms with E-state index in [-0.39, 0.29) is 24.6 Å². The monoisotopic (exact) mass is 429 g/mol. The molecule has 0 aliphatic heterocycles. The van der Waals surface area contributed by atoms with Gasteiger partial charge in [-0.1, -0.05) is 29.3 Å². The van der Waals surface area contributed by atoms with Gasteiger partial charge in [-0.2, -0.15) is 0 Å². The maximum Gasteiger partial charge on any atom is 0.238 e. The third-order valence-electron chi connectivity index (χ3n) is 3.84. The Labute approximate surface area is 171 Å². The van der Waals surface area contributed by atoms with Crippen LogP contribution in [0.1, 0.15) is 18.5 Å². The number of hydrogen-bond donors (Lipinski definition) is 2. The van der Waals surface area contributed by atoms with Crippen molar-refractivity contribution in [2.75, 3.05) is 25.5 Å². The molecule has 5 nitrogen and oxygen atoms in total. The summed E-state index contributed by atoms with van der Waals surface area (Å²) in [7, 11) is 1.59. The lowest BCUT2D eigenvalue weighted by Gasteiger charge is -2.19. The van der Waals surface area contributed by atoms with E-state index in [0.717, 1.165) is 12.1 Å². The van der Waals surface area contributed by atoms with E-state index in [1.165, 1.54) is 17.0 Å². The second-order valence-corrected chi connectivity index (χ2v) is 7.12. The summed E-state index contributed by atoms with van der Waals surface area (Å²) >= 11 is 11.7. The maximum absolute atomic E-state index is 13.8. The van der Waals surface area contributed by atoms with Gasteiger partial charge in [-0.25, -0.2) is 8.78 Å². The summed E-state index contributed by atoms with van der Waals surface area (Å²) in [6.07, 6.45) is 0. The molecule has 0 radical (unpaired) electrons. The Morgan fingerprint density at radius 3 is 2.36 bits per heavy atom. The second-order valence-electron chi connectivity index (χ2n) is 6.30. The fraction of sp³-hybridized carbons (Fsp3) is 0.263. The van der Waals surface area contributed by atoms with Crippen LogP contribution in [0.5, 0.6) is 0 Å². The molecule has 150 valence electrons. The Balaban J connectivity index is 1.84. The molecule has 1 atom stereocenters. The standard InChI is InChI=1S/C19H19Cl2F2N3O2/c1-11(14-5-3-12(22)7-17(14)23)24-18(27)9-26(2)10-19(28)25-13-4-6-15(20)16(21)8-13/h3-8,11H,9-10H2,1-2H3,(H,24,27)(H,25,28)/t11-/m1/s1. The summed E-state index contributed by atoms with van der Waals surface area (Å²) in [5.74, 6) is -2.16. The lowest BCUT2D eigenvalue weighted by Crippen LogP contribution is -2.39. The van der Waals surface area contributed by atoms with Crippen LogP contribution < -0.4 is 10.6 Å². The van der Waals surface area contributed by atoms with Gasteiger partial charge in [0.1, 0.15) is 11.6 Å². The van der Waals surface area contributed by atoms with Crippen molar-refractivity contribution in [1.29, 1.82) is 0 Å². The molecule has 2 rings (SSSR count). The number of hydrogen-bond acceptors (Lipinski definition) is 3. The number of benzene rings is 2. The quantitative estimate of drug-likeness (QED) is 0.698. The molecule has 0 aliphatic carbocycles. The largest absolute Gasteiger partial charge is 0.348 e. The van der Waals surface area contributed by atoms with E-state index >= 15 is 0 Å². The average molecular weight is 430 g/mol. The molecule has 0 aromatic heterocycles. The topological polar surface area (TPSA) is 61.4 Å². The van der Waals surface area contributed by atoms with Crippen molar-refractivity contribution < 1.29 is 18.4 Å². The molecule has 2 amide bonds. The lowest BCUT2D eigenvalue weighted by molar-refractivity contribution is -0.123. The minimum absolute atomic E-state index is 0.0487. The van der Waals surface area contributed by atoms with E-state index in [9.17, 15) is 18.4 Å². The van der Waals surface area contributed by atoms with E-state index in [0.29, 0.717) is 15.7 Å². The summed E-state index contributed by atoms with van der Waals surface area (Å²) in [5, 5.41) is 5.96. The number of likely N-dealkylation sites (N-methyl/N-ethyl adjacent to an activating group) is 1. The van der Waals surface area contributed by atoms with Crippen molar-refractivity contribution in [3.63, 3.8) is 0 Å². The number of anilines is 1. The van der Waals surface area contributed by atoms with Crippen molar-refractivity contribution in [3.8, 4) is 0 Å². The third-order valence-corrected chi connectivity index (χ3v) is 4.58. The van der Waals surface area contributed by atoms with Gasteiger partial charge >= 0.3 is 0 Å². The molecule has 2 aromatic rings. The Hall–Kier alpha value is -2.22. The molecule has 0 saturated heterocycles. The molecule has 0 saturated carbocycles. The first kappa shape index (κ1) is 22.1. The van der Waals surface area contributed by atoms with E-state index in [1.807, 2.05) is 0 Å². The molecule has 28 heavy (non-hydrogen) atoms. The Kier molecular flexibility index (Phi) is 7.74. The van der Waals surface area contributed by atoms with Crippen LogP contribution in [-0.2, 0) is 9.59 Å². The van der Waals surface area contributed by atoms with Crippen LogP contribution in [0.25, 0.3) is 0 Å². The van der Waals surface area contributed by atoms with E-state index in [4.69, 9.17) is 23.2 Å².